The van der Waals surface area contributed by atoms with Gasteiger partial charge in [0.15, 0.2) is 0 Å². The Morgan fingerprint density at radius 3 is 2.82 bits per heavy atom. The first-order chi connectivity index (χ1) is 13.6. The highest BCUT2D eigenvalue weighted by Crippen LogP contribution is 2.57. The average Bonchev–Trinajstić information content (AvgIpc) is 3.35. The molecule has 2 unspecified atom stereocenters. The number of halogens is 1. The van der Waals surface area contributed by atoms with Crippen LogP contribution in [0.4, 0.5) is 0 Å². The third kappa shape index (κ3) is 3.19. The van der Waals surface area contributed by atoms with Crippen LogP contribution in [0.5, 0.6) is 0 Å². The molecule has 5 nitrogen and oxygen atoms in total. The summed E-state index contributed by atoms with van der Waals surface area (Å²) in [5.74, 6) is 1.60. The van der Waals surface area contributed by atoms with Crippen molar-refractivity contribution in [2.45, 2.75) is 25.2 Å². The molecule has 1 amide bonds. The quantitative estimate of drug-likeness (QED) is 0.707. The number of rotatable bonds is 3. The molecule has 1 aromatic carbocycles. The molecule has 7 heteroatoms. The molecule has 3 heterocycles. The number of thiophene rings is 1. The molecule has 0 spiro atoms. The number of piperazine rings is 1. The van der Waals surface area contributed by atoms with E-state index in [1.54, 1.807) is 11.3 Å². The number of carbonyl (C=O) groups is 1. The fraction of sp³-hybridized carbons (Fsp3) is 0.381. The van der Waals surface area contributed by atoms with Gasteiger partial charge in [-0.25, -0.2) is 9.97 Å². The zero-order chi connectivity index (χ0) is 19.3. The SMILES string of the molecule is Cc1nc(C2CC2c2ccc(C(=O)N3CCNCC3)cc2Cl)c2ccsc2n1. The highest BCUT2D eigenvalue weighted by molar-refractivity contribution is 7.16. The molecular weight excluding hydrogens is 392 g/mol. The maximum atomic E-state index is 12.7. The van der Waals surface area contributed by atoms with Gasteiger partial charge in [-0.05, 0) is 48.4 Å². The number of fused-ring (bicyclic) bond motifs is 1. The van der Waals surface area contributed by atoms with Gasteiger partial charge in [0.05, 0.1) is 5.69 Å². The van der Waals surface area contributed by atoms with E-state index in [1.165, 1.54) is 0 Å². The second kappa shape index (κ2) is 7.10. The van der Waals surface area contributed by atoms with E-state index in [0.29, 0.717) is 22.4 Å². The standard InChI is InChI=1S/C21H21ClN4OS/c1-12-24-19(15-4-9-28-20(15)25-12)17-11-16(17)14-3-2-13(10-18(14)22)21(27)26-7-5-23-6-8-26/h2-4,9-10,16-17,23H,5-8,11H2,1H3. The maximum absolute atomic E-state index is 12.7. The summed E-state index contributed by atoms with van der Waals surface area (Å²) in [6.45, 7) is 5.12. The monoisotopic (exact) mass is 412 g/mol. The van der Waals surface area contributed by atoms with E-state index in [1.807, 2.05) is 30.0 Å². The molecule has 2 aliphatic rings. The van der Waals surface area contributed by atoms with Crippen molar-refractivity contribution in [1.82, 2.24) is 20.2 Å². The minimum atomic E-state index is 0.0636. The Hall–Kier alpha value is -2.02. The van der Waals surface area contributed by atoms with Crippen LogP contribution in [0.1, 0.15) is 45.7 Å². The lowest BCUT2D eigenvalue weighted by Crippen LogP contribution is -2.46. The van der Waals surface area contributed by atoms with Crippen molar-refractivity contribution in [1.29, 1.82) is 0 Å². The van der Waals surface area contributed by atoms with E-state index in [2.05, 4.69) is 21.7 Å². The molecule has 1 saturated carbocycles. The summed E-state index contributed by atoms with van der Waals surface area (Å²) in [7, 11) is 0. The van der Waals surface area contributed by atoms with Gasteiger partial charge >= 0.3 is 0 Å². The summed E-state index contributed by atoms with van der Waals surface area (Å²) in [6.07, 6.45) is 1.03. The number of aromatic nitrogens is 2. The summed E-state index contributed by atoms with van der Waals surface area (Å²) >= 11 is 8.27. The summed E-state index contributed by atoms with van der Waals surface area (Å²) in [5.41, 5.74) is 2.92. The molecule has 2 atom stereocenters. The lowest BCUT2D eigenvalue weighted by Gasteiger charge is -2.27. The zero-order valence-electron chi connectivity index (χ0n) is 15.6. The normalized spacial score (nSPS) is 21.9. The molecule has 5 rings (SSSR count). The molecule has 2 fully saturated rings. The molecule has 0 bridgehead atoms. The maximum Gasteiger partial charge on any atom is 0.253 e. The Morgan fingerprint density at radius 1 is 1.21 bits per heavy atom. The van der Waals surface area contributed by atoms with Gasteiger partial charge in [0.25, 0.3) is 5.91 Å². The zero-order valence-corrected chi connectivity index (χ0v) is 17.2. The van der Waals surface area contributed by atoms with Crippen LogP contribution in [-0.2, 0) is 0 Å². The van der Waals surface area contributed by atoms with Crippen molar-refractivity contribution in [2.75, 3.05) is 26.2 Å². The second-order valence-electron chi connectivity index (χ2n) is 7.52. The van der Waals surface area contributed by atoms with Gasteiger partial charge in [-0.15, -0.1) is 11.3 Å². The average molecular weight is 413 g/mol. The largest absolute Gasteiger partial charge is 0.336 e. The van der Waals surface area contributed by atoms with Crippen LogP contribution in [0.25, 0.3) is 10.2 Å². The Bertz CT molecular complexity index is 1060. The van der Waals surface area contributed by atoms with Gasteiger partial charge in [-0.1, -0.05) is 17.7 Å². The lowest BCUT2D eigenvalue weighted by molar-refractivity contribution is 0.0736. The number of nitrogens with one attached hydrogen (secondary N) is 1. The number of benzene rings is 1. The van der Waals surface area contributed by atoms with Crippen molar-refractivity contribution >= 4 is 39.1 Å². The van der Waals surface area contributed by atoms with Gasteiger partial charge in [0.2, 0.25) is 0 Å². The number of hydrogen-bond acceptors (Lipinski definition) is 5. The van der Waals surface area contributed by atoms with Crippen LogP contribution < -0.4 is 5.32 Å². The molecule has 144 valence electrons. The summed E-state index contributed by atoms with van der Waals surface area (Å²) in [6, 6.07) is 7.90. The Morgan fingerprint density at radius 2 is 2.04 bits per heavy atom. The first-order valence-electron chi connectivity index (χ1n) is 9.63. The lowest BCUT2D eigenvalue weighted by atomic mass is 10.0. The molecule has 28 heavy (non-hydrogen) atoms. The molecule has 1 aliphatic heterocycles. The van der Waals surface area contributed by atoms with Crippen LogP contribution in [0.2, 0.25) is 5.02 Å². The van der Waals surface area contributed by atoms with Crippen molar-refractivity contribution in [3.05, 3.63) is 57.3 Å². The van der Waals surface area contributed by atoms with Crippen molar-refractivity contribution in [3.63, 3.8) is 0 Å². The van der Waals surface area contributed by atoms with Crippen LogP contribution >= 0.6 is 22.9 Å². The van der Waals surface area contributed by atoms with E-state index < -0.39 is 0 Å². The van der Waals surface area contributed by atoms with E-state index in [9.17, 15) is 4.79 Å². The van der Waals surface area contributed by atoms with Crippen LogP contribution in [0, 0.1) is 6.92 Å². The number of nitrogens with zero attached hydrogens (tertiary/aromatic N) is 3. The van der Waals surface area contributed by atoms with Gasteiger partial charge in [0.1, 0.15) is 10.7 Å². The number of amides is 1. The topological polar surface area (TPSA) is 58.1 Å². The molecule has 1 aliphatic carbocycles. The smallest absolute Gasteiger partial charge is 0.253 e. The second-order valence-corrected chi connectivity index (χ2v) is 8.82. The Kier molecular flexibility index (Phi) is 4.57. The Balaban J connectivity index is 1.39. The minimum absolute atomic E-state index is 0.0636. The van der Waals surface area contributed by atoms with Crippen molar-refractivity contribution in [2.24, 2.45) is 0 Å². The van der Waals surface area contributed by atoms with E-state index in [0.717, 1.165) is 59.9 Å². The molecule has 2 aromatic heterocycles. The van der Waals surface area contributed by atoms with Gasteiger partial charge < -0.3 is 10.2 Å². The van der Waals surface area contributed by atoms with Gasteiger partial charge in [-0.3, -0.25) is 4.79 Å². The van der Waals surface area contributed by atoms with Gasteiger partial charge in [0, 0.05) is 48.1 Å². The van der Waals surface area contributed by atoms with Crippen molar-refractivity contribution < 1.29 is 4.79 Å². The molecular formula is C21H21ClN4OS. The van der Waals surface area contributed by atoms with Crippen molar-refractivity contribution in [3.8, 4) is 0 Å². The fourth-order valence-corrected chi connectivity index (χ4v) is 5.26. The van der Waals surface area contributed by atoms with E-state index >= 15 is 0 Å². The minimum Gasteiger partial charge on any atom is -0.336 e. The van der Waals surface area contributed by atoms with Gasteiger partial charge in [-0.2, -0.15) is 0 Å². The molecule has 1 saturated heterocycles. The highest BCUT2D eigenvalue weighted by Gasteiger charge is 2.43. The van der Waals surface area contributed by atoms with Crippen LogP contribution in [0.3, 0.4) is 0 Å². The summed E-state index contributed by atoms with van der Waals surface area (Å²) in [5, 5.41) is 7.18. The number of hydrogen-bond donors (Lipinski definition) is 1. The van der Waals surface area contributed by atoms with Crippen LogP contribution in [-0.4, -0.2) is 47.0 Å². The predicted molar refractivity (Wildman–Crippen MR) is 112 cm³/mol. The highest BCUT2D eigenvalue weighted by atomic mass is 35.5. The Labute approximate surface area is 172 Å². The summed E-state index contributed by atoms with van der Waals surface area (Å²) < 4.78 is 0. The summed E-state index contributed by atoms with van der Waals surface area (Å²) in [4.78, 5) is 24.9. The first-order valence-corrected chi connectivity index (χ1v) is 10.9. The third-order valence-electron chi connectivity index (χ3n) is 5.66. The fourth-order valence-electron chi connectivity index (χ4n) is 4.12. The third-order valence-corrected chi connectivity index (χ3v) is 6.79. The predicted octanol–water partition coefficient (Wildman–Crippen LogP) is 3.97. The number of carbonyl (C=O) groups excluding carboxylic acids is 1. The molecule has 3 aromatic rings. The number of aryl methyl sites for hydroxylation is 1. The van der Waals surface area contributed by atoms with E-state index in [-0.39, 0.29) is 5.91 Å². The molecule has 0 radical (unpaired) electrons. The first kappa shape index (κ1) is 18.0. The van der Waals surface area contributed by atoms with Crippen LogP contribution in [0.15, 0.2) is 29.6 Å². The molecule has 1 N–H and O–H groups in total. The van der Waals surface area contributed by atoms with E-state index in [4.69, 9.17) is 16.6 Å².